The van der Waals surface area contributed by atoms with E-state index in [1.165, 1.54) is 77.0 Å². The van der Waals surface area contributed by atoms with Crippen LogP contribution in [-0.2, 0) is 72.2 Å². The molecule has 0 N–H and O–H groups in total. The second kappa shape index (κ2) is 26.3. The Balaban J connectivity index is 0.000000287. The number of hydrogen-bond acceptors (Lipinski definition) is 20. The van der Waals surface area contributed by atoms with Gasteiger partial charge in [-0.1, -0.05) is 0 Å². The minimum Gasteiger partial charge on any atom is -1.00 e. The standard InChI is InChI=1S/2C26H27N3O8S2.Na.H/c2*1-16-13-27-22(17(2)25(16)36-5)15-38(31)26-28-21-12-19(34-3)8-11-23(21)29(26)39(32,33)20-9-6-18(7-10-20)37-14-24(30)35-4;;/h2*6-13H,14-15H2,1-5H3;;/q;;+1;-1. The van der Waals surface area contributed by atoms with Crippen LogP contribution >= 0.6 is 0 Å². The summed E-state index contributed by atoms with van der Waals surface area (Å²) in [6.07, 6.45) is 3.24. The molecular formula is C52H55N6NaO16S4. The topological polar surface area (TPSA) is 272 Å². The van der Waals surface area contributed by atoms with Gasteiger partial charge in [0.05, 0.1) is 119 Å². The minimum absolute atomic E-state index is 0. The normalized spacial score (nSPS) is 12.1. The molecule has 4 aromatic carbocycles. The van der Waals surface area contributed by atoms with Crippen LogP contribution in [-0.4, -0.2) is 121 Å². The monoisotopic (exact) mass is 1170 g/mol. The summed E-state index contributed by atoms with van der Waals surface area (Å²) in [6, 6.07) is 20.4. The largest absolute Gasteiger partial charge is 1.00 e. The van der Waals surface area contributed by atoms with E-state index < -0.39 is 53.6 Å². The Morgan fingerprint density at radius 2 is 0.861 bits per heavy atom. The average Bonchev–Trinajstić information content (AvgIpc) is 4.04. The van der Waals surface area contributed by atoms with E-state index in [0.717, 1.165) is 19.1 Å². The molecule has 4 heterocycles. The van der Waals surface area contributed by atoms with Gasteiger partial charge in [-0.3, -0.25) is 18.4 Å². The van der Waals surface area contributed by atoms with Crippen molar-refractivity contribution in [1.82, 2.24) is 27.9 Å². The molecular weight excluding hydrogens is 1120 g/mol. The van der Waals surface area contributed by atoms with Crippen molar-refractivity contribution in [3.63, 3.8) is 0 Å². The first-order chi connectivity index (χ1) is 37.2. The van der Waals surface area contributed by atoms with Crippen molar-refractivity contribution in [3.8, 4) is 34.5 Å². The van der Waals surface area contributed by atoms with Crippen LogP contribution in [0.5, 0.6) is 34.5 Å². The summed E-state index contributed by atoms with van der Waals surface area (Å²) in [7, 11) is -3.82. The summed E-state index contributed by atoms with van der Waals surface area (Å²) in [5.41, 5.74) is 5.12. The molecule has 0 saturated heterocycles. The number of ether oxygens (including phenoxy) is 8. The van der Waals surface area contributed by atoms with Crippen LogP contribution in [0.4, 0.5) is 0 Å². The van der Waals surface area contributed by atoms with Crippen LogP contribution in [0.15, 0.2) is 117 Å². The van der Waals surface area contributed by atoms with Crippen molar-refractivity contribution in [2.24, 2.45) is 0 Å². The van der Waals surface area contributed by atoms with Crippen LogP contribution in [0.1, 0.15) is 35.1 Å². The number of pyridine rings is 2. The maximum atomic E-state index is 13.9. The fourth-order valence-electron chi connectivity index (χ4n) is 7.88. The van der Waals surface area contributed by atoms with Crippen molar-refractivity contribution in [2.75, 3.05) is 55.9 Å². The van der Waals surface area contributed by atoms with E-state index in [2.05, 4.69) is 29.4 Å². The molecule has 2 atom stereocenters. The van der Waals surface area contributed by atoms with Crippen molar-refractivity contribution in [2.45, 2.75) is 59.3 Å². The zero-order chi connectivity index (χ0) is 56.6. The van der Waals surface area contributed by atoms with Gasteiger partial charge in [-0.15, -0.1) is 0 Å². The number of benzene rings is 4. The third-order valence-corrected chi connectivity index (χ3v) is 18.0. The van der Waals surface area contributed by atoms with Crippen molar-refractivity contribution in [1.29, 1.82) is 0 Å². The number of carbonyl (C=O) groups is 2. The van der Waals surface area contributed by atoms with Crippen LogP contribution in [0.3, 0.4) is 0 Å². The second-order valence-corrected chi connectivity index (χ2v) is 23.0. The molecule has 0 fully saturated rings. The van der Waals surface area contributed by atoms with Crippen LogP contribution < -0.4 is 58.0 Å². The molecule has 0 aliphatic carbocycles. The number of aromatic nitrogens is 6. The first-order valence-electron chi connectivity index (χ1n) is 23.2. The van der Waals surface area contributed by atoms with Crippen LogP contribution in [0.2, 0.25) is 0 Å². The van der Waals surface area contributed by atoms with Gasteiger partial charge in [-0.05, 0) is 100 Å². The third kappa shape index (κ3) is 13.4. The molecule has 0 saturated carbocycles. The number of methoxy groups -OCH3 is 6. The van der Waals surface area contributed by atoms with Crippen molar-refractivity contribution in [3.05, 3.63) is 131 Å². The predicted octanol–water partition coefficient (Wildman–Crippen LogP) is 3.44. The second-order valence-electron chi connectivity index (χ2n) is 16.8. The molecule has 8 rings (SSSR count). The SMILES string of the molecule is COC(=O)COc1ccc(S(=O)(=O)n2c(S(=O)Cc3ncc(C)c(OC)c3C)nc3cc(OC)ccc32)cc1.COC(=O)COc1ccc(S(=O)(=O)n2c(S(=O)Cc3ncc(C)c(OC)c3C)nc3cc(OC)ccc32)cc1.[H-].[Na+]. The number of hydrogen-bond donors (Lipinski definition) is 0. The molecule has 0 aliphatic heterocycles. The molecule has 79 heavy (non-hydrogen) atoms. The molecule has 0 aliphatic rings. The quantitative estimate of drug-likeness (QED) is 0.0781. The maximum absolute atomic E-state index is 13.9. The molecule has 27 heteroatoms. The van der Waals surface area contributed by atoms with Gasteiger partial charge in [0.1, 0.15) is 34.5 Å². The Morgan fingerprint density at radius 3 is 1.18 bits per heavy atom. The number of fused-ring (bicyclic) bond motifs is 2. The van der Waals surface area contributed by atoms with Gasteiger partial charge in [0, 0.05) is 46.8 Å². The van der Waals surface area contributed by atoms with Gasteiger partial charge >= 0.3 is 41.5 Å². The summed E-state index contributed by atoms with van der Waals surface area (Å²) < 4.78 is 126. The Bertz CT molecular complexity index is 3590. The minimum atomic E-state index is -4.26. The number of carbonyl (C=O) groups excluding carboxylic acids is 2. The van der Waals surface area contributed by atoms with Crippen molar-refractivity contribution >= 4 is 75.7 Å². The summed E-state index contributed by atoms with van der Waals surface area (Å²) in [5.74, 6) is 1.42. The van der Waals surface area contributed by atoms with Gasteiger partial charge in [-0.25, -0.2) is 44.3 Å². The molecule has 0 radical (unpaired) electrons. The summed E-state index contributed by atoms with van der Waals surface area (Å²) >= 11 is 0. The predicted molar refractivity (Wildman–Crippen MR) is 288 cm³/mol. The van der Waals surface area contributed by atoms with E-state index in [0.29, 0.717) is 56.5 Å². The maximum Gasteiger partial charge on any atom is 1.00 e. The number of aryl methyl sites for hydroxylation is 2. The number of nitrogens with zero attached hydrogens (tertiary/aromatic N) is 6. The Hall–Kier alpha value is -6.94. The fraction of sp³-hybridized carbons (Fsp3) is 0.269. The van der Waals surface area contributed by atoms with E-state index in [9.17, 15) is 34.8 Å². The smallest absolute Gasteiger partial charge is 1.00 e. The van der Waals surface area contributed by atoms with E-state index >= 15 is 0 Å². The summed E-state index contributed by atoms with van der Waals surface area (Å²) in [5, 5.41) is -0.324. The van der Waals surface area contributed by atoms with E-state index in [-0.39, 0.29) is 98.3 Å². The number of imidazole rings is 2. The van der Waals surface area contributed by atoms with Crippen LogP contribution in [0.25, 0.3) is 22.1 Å². The molecule has 0 spiro atoms. The van der Waals surface area contributed by atoms with E-state index in [4.69, 9.17) is 28.4 Å². The molecule has 414 valence electrons. The van der Waals surface area contributed by atoms with Crippen LogP contribution in [0, 0.1) is 27.7 Å². The summed E-state index contributed by atoms with van der Waals surface area (Å²) in [6.45, 7) is 6.67. The van der Waals surface area contributed by atoms with Gasteiger partial charge in [0.2, 0.25) is 10.3 Å². The molecule has 0 amide bonds. The van der Waals surface area contributed by atoms with Crippen molar-refractivity contribution < 1.29 is 104 Å². The fourth-order valence-corrected chi connectivity index (χ4v) is 14.0. The zero-order valence-corrected chi connectivity index (χ0v) is 50.2. The molecule has 8 aromatic rings. The van der Waals surface area contributed by atoms with E-state index in [1.807, 2.05) is 13.8 Å². The van der Waals surface area contributed by atoms with Gasteiger partial charge in [0.25, 0.3) is 20.0 Å². The first kappa shape index (κ1) is 61.3. The van der Waals surface area contributed by atoms with Gasteiger partial charge < -0.3 is 39.3 Å². The molecule has 2 unspecified atom stereocenters. The zero-order valence-electron chi connectivity index (χ0n) is 45.9. The Labute approximate surface area is 484 Å². The van der Waals surface area contributed by atoms with E-state index in [1.54, 1.807) is 76.9 Å². The third-order valence-electron chi connectivity index (χ3n) is 11.9. The van der Waals surface area contributed by atoms with Gasteiger partial charge in [0.15, 0.2) is 13.2 Å². The first-order valence-corrected chi connectivity index (χ1v) is 28.7. The molecule has 22 nitrogen and oxygen atoms in total. The number of rotatable bonds is 20. The molecule has 0 bridgehead atoms. The number of esters is 2. The van der Waals surface area contributed by atoms with Gasteiger partial charge in [-0.2, -0.15) is 0 Å². The Morgan fingerprint density at radius 1 is 0.519 bits per heavy atom. The Kier molecular flexibility index (Phi) is 20.4. The summed E-state index contributed by atoms with van der Waals surface area (Å²) in [4.78, 5) is 40.2. The molecule has 4 aromatic heterocycles. The average molecular weight is 1170 g/mol.